The van der Waals surface area contributed by atoms with Crippen LogP contribution in [0.5, 0.6) is 11.5 Å². The maximum Gasteiger partial charge on any atom is 0.336 e. The lowest BCUT2D eigenvalue weighted by molar-refractivity contribution is 0.0699. The fourth-order valence-corrected chi connectivity index (χ4v) is 2.44. The van der Waals surface area contributed by atoms with Gasteiger partial charge in [-0.25, -0.2) is 4.79 Å². The van der Waals surface area contributed by atoms with E-state index in [2.05, 4.69) is 0 Å². The van der Waals surface area contributed by atoms with Crippen LogP contribution in [-0.2, 0) is 13.7 Å². The van der Waals surface area contributed by atoms with Crippen LogP contribution < -0.4 is 4.74 Å². The number of aromatic nitrogens is 1. The van der Waals surface area contributed by atoms with E-state index in [-0.39, 0.29) is 11.3 Å². The Morgan fingerprint density at radius 1 is 1.18 bits per heavy atom. The van der Waals surface area contributed by atoms with Gasteiger partial charge in [-0.15, -0.1) is 0 Å². The van der Waals surface area contributed by atoms with Crippen LogP contribution in [0.2, 0.25) is 0 Å². The molecule has 0 bridgehead atoms. The minimum atomic E-state index is -0.942. The number of hydrogen-bond donors (Lipinski definition) is 2. The smallest absolute Gasteiger partial charge is 0.336 e. The second-order valence-electron chi connectivity index (χ2n) is 5.02. The summed E-state index contributed by atoms with van der Waals surface area (Å²) in [6.07, 6.45) is 0. The van der Waals surface area contributed by atoms with E-state index in [4.69, 9.17) is 4.74 Å². The molecular formula is C17H15NO4. The number of carboxylic acid groups (broad SMARTS) is 1. The second kappa shape index (κ2) is 5.44. The van der Waals surface area contributed by atoms with Gasteiger partial charge in [0.1, 0.15) is 18.1 Å². The molecule has 0 fully saturated rings. The maximum absolute atomic E-state index is 11.3. The van der Waals surface area contributed by atoms with Crippen LogP contribution in [0.4, 0.5) is 0 Å². The highest BCUT2D eigenvalue weighted by atomic mass is 16.5. The average molecular weight is 297 g/mol. The van der Waals surface area contributed by atoms with Crippen LogP contribution in [0.1, 0.15) is 16.1 Å². The summed E-state index contributed by atoms with van der Waals surface area (Å²) in [5.41, 5.74) is 2.00. The van der Waals surface area contributed by atoms with Gasteiger partial charge in [0.15, 0.2) is 0 Å². The predicted molar refractivity (Wildman–Crippen MR) is 82.3 cm³/mol. The third-order valence-corrected chi connectivity index (χ3v) is 3.64. The number of ether oxygens (including phenoxy) is 1. The SMILES string of the molecule is Cn1c(COc2ccc(O)cc2)cc2c(C(=O)O)cccc21. The zero-order valence-electron chi connectivity index (χ0n) is 12.0. The normalized spacial score (nSPS) is 10.8. The van der Waals surface area contributed by atoms with Crippen molar-refractivity contribution in [3.05, 3.63) is 59.8 Å². The number of carboxylic acids is 1. The van der Waals surface area contributed by atoms with E-state index >= 15 is 0 Å². The molecule has 0 radical (unpaired) electrons. The van der Waals surface area contributed by atoms with Gasteiger partial charge in [0.25, 0.3) is 0 Å². The van der Waals surface area contributed by atoms with Crippen molar-refractivity contribution in [1.29, 1.82) is 0 Å². The molecule has 5 nitrogen and oxygen atoms in total. The van der Waals surface area contributed by atoms with Crippen molar-refractivity contribution >= 4 is 16.9 Å². The number of nitrogens with zero attached hydrogens (tertiary/aromatic N) is 1. The molecule has 0 aliphatic heterocycles. The summed E-state index contributed by atoms with van der Waals surface area (Å²) in [7, 11) is 1.88. The number of benzene rings is 2. The third kappa shape index (κ3) is 2.48. The Morgan fingerprint density at radius 2 is 1.91 bits per heavy atom. The molecule has 0 atom stereocenters. The number of fused-ring (bicyclic) bond motifs is 1. The van der Waals surface area contributed by atoms with Gasteiger partial charge in [0.2, 0.25) is 0 Å². The molecule has 3 aromatic rings. The van der Waals surface area contributed by atoms with Crippen molar-refractivity contribution in [2.75, 3.05) is 0 Å². The number of rotatable bonds is 4. The first-order valence-electron chi connectivity index (χ1n) is 6.78. The summed E-state index contributed by atoms with van der Waals surface area (Å²) in [4.78, 5) is 11.3. The van der Waals surface area contributed by atoms with Crippen molar-refractivity contribution in [3.8, 4) is 11.5 Å². The van der Waals surface area contributed by atoms with Crippen LogP contribution in [-0.4, -0.2) is 20.7 Å². The van der Waals surface area contributed by atoms with E-state index in [1.807, 2.05) is 23.7 Å². The number of carbonyl (C=O) groups is 1. The Kier molecular flexibility index (Phi) is 3.47. The monoisotopic (exact) mass is 297 g/mol. The fraction of sp³-hybridized carbons (Fsp3) is 0.118. The Morgan fingerprint density at radius 3 is 2.59 bits per heavy atom. The van der Waals surface area contributed by atoms with E-state index in [1.54, 1.807) is 36.4 Å². The first kappa shape index (κ1) is 14.0. The molecule has 2 aromatic carbocycles. The zero-order valence-corrected chi connectivity index (χ0v) is 12.0. The molecule has 0 saturated carbocycles. The van der Waals surface area contributed by atoms with Gasteiger partial charge >= 0.3 is 5.97 Å². The van der Waals surface area contributed by atoms with Gasteiger partial charge in [0, 0.05) is 18.0 Å². The van der Waals surface area contributed by atoms with Crippen LogP contribution in [0.3, 0.4) is 0 Å². The number of aryl methyl sites for hydroxylation is 1. The average Bonchev–Trinajstić information content (AvgIpc) is 2.83. The number of aromatic hydroxyl groups is 1. The Bertz CT molecular complexity index is 834. The molecule has 112 valence electrons. The molecule has 0 amide bonds. The summed E-state index contributed by atoms with van der Waals surface area (Å²) < 4.78 is 7.60. The fourth-order valence-electron chi connectivity index (χ4n) is 2.44. The largest absolute Gasteiger partial charge is 0.508 e. The molecule has 3 rings (SSSR count). The van der Waals surface area contributed by atoms with E-state index < -0.39 is 5.97 Å². The number of hydrogen-bond acceptors (Lipinski definition) is 3. The van der Waals surface area contributed by atoms with Crippen molar-refractivity contribution in [2.45, 2.75) is 6.61 Å². The number of aromatic carboxylic acids is 1. The Balaban J connectivity index is 1.91. The van der Waals surface area contributed by atoms with Crippen LogP contribution in [0, 0.1) is 0 Å². The highest BCUT2D eigenvalue weighted by molar-refractivity contribution is 6.03. The minimum absolute atomic E-state index is 0.183. The minimum Gasteiger partial charge on any atom is -0.508 e. The van der Waals surface area contributed by atoms with Gasteiger partial charge in [0.05, 0.1) is 11.3 Å². The van der Waals surface area contributed by atoms with E-state index in [0.29, 0.717) is 17.7 Å². The number of phenolic OH excluding ortho intramolecular Hbond substituents is 1. The molecule has 2 N–H and O–H groups in total. The molecule has 22 heavy (non-hydrogen) atoms. The van der Waals surface area contributed by atoms with Crippen molar-refractivity contribution in [1.82, 2.24) is 4.57 Å². The molecule has 0 aliphatic carbocycles. The van der Waals surface area contributed by atoms with Gasteiger partial charge in [-0.1, -0.05) is 6.07 Å². The maximum atomic E-state index is 11.3. The topological polar surface area (TPSA) is 71.7 Å². The first-order valence-corrected chi connectivity index (χ1v) is 6.78. The molecular weight excluding hydrogens is 282 g/mol. The lowest BCUT2D eigenvalue weighted by atomic mass is 10.1. The van der Waals surface area contributed by atoms with Crippen molar-refractivity contribution < 1.29 is 19.7 Å². The van der Waals surface area contributed by atoms with Crippen LogP contribution >= 0.6 is 0 Å². The Hall–Kier alpha value is -2.95. The standard InChI is InChI=1S/C17H15NO4/c1-18-11(10-22-13-7-5-12(19)6-8-13)9-15-14(17(20)21)3-2-4-16(15)18/h2-9,19H,10H2,1H3,(H,20,21). The summed E-state index contributed by atoms with van der Waals surface area (Å²) in [5.74, 6) is -0.119. The summed E-state index contributed by atoms with van der Waals surface area (Å²) in [5, 5.41) is 19.2. The van der Waals surface area contributed by atoms with Gasteiger partial charge < -0.3 is 19.5 Å². The molecule has 0 aliphatic rings. The molecule has 5 heteroatoms. The molecule has 1 heterocycles. The molecule has 0 unspecified atom stereocenters. The highest BCUT2D eigenvalue weighted by Crippen LogP contribution is 2.24. The van der Waals surface area contributed by atoms with E-state index in [0.717, 1.165) is 11.2 Å². The van der Waals surface area contributed by atoms with E-state index in [1.165, 1.54) is 0 Å². The van der Waals surface area contributed by atoms with Gasteiger partial charge in [-0.3, -0.25) is 0 Å². The predicted octanol–water partition coefficient (Wildman–Crippen LogP) is 3.16. The first-order chi connectivity index (χ1) is 10.6. The second-order valence-corrected chi connectivity index (χ2v) is 5.02. The number of phenols is 1. The highest BCUT2D eigenvalue weighted by Gasteiger charge is 2.13. The third-order valence-electron chi connectivity index (χ3n) is 3.64. The molecule has 0 spiro atoms. The van der Waals surface area contributed by atoms with Crippen LogP contribution in [0.15, 0.2) is 48.5 Å². The van der Waals surface area contributed by atoms with Gasteiger partial charge in [-0.2, -0.15) is 0 Å². The van der Waals surface area contributed by atoms with Crippen molar-refractivity contribution in [2.24, 2.45) is 7.05 Å². The van der Waals surface area contributed by atoms with E-state index in [9.17, 15) is 15.0 Å². The summed E-state index contributed by atoms with van der Waals surface area (Å²) >= 11 is 0. The Labute approximate surface area is 127 Å². The lowest BCUT2D eigenvalue weighted by Crippen LogP contribution is -2.01. The quantitative estimate of drug-likeness (QED) is 0.776. The van der Waals surface area contributed by atoms with Crippen molar-refractivity contribution in [3.63, 3.8) is 0 Å². The lowest BCUT2D eigenvalue weighted by Gasteiger charge is -2.07. The summed E-state index contributed by atoms with van der Waals surface area (Å²) in [6, 6.07) is 13.5. The summed E-state index contributed by atoms with van der Waals surface area (Å²) in [6.45, 7) is 0.314. The molecule has 1 aromatic heterocycles. The molecule has 0 saturated heterocycles. The van der Waals surface area contributed by atoms with Crippen LogP contribution in [0.25, 0.3) is 10.9 Å². The zero-order chi connectivity index (χ0) is 15.7. The van der Waals surface area contributed by atoms with Gasteiger partial charge in [-0.05, 0) is 42.5 Å².